The summed E-state index contributed by atoms with van der Waals surface area (Å²) in [5.74, 6) is 0.801. The number of nitrogens with zero attached hydrogens (tertiary/aromatic N) is 2. The van der Waals surface area contributed by atoms with E-state index < -0.39 is 16.6 Å². The van der Waals surface area contributed by atoms with Crippen LogP contribution in [0.4, 0.5) is 0 Å². The molecular weight excluding hydrogens is 468 g/mol. The molecule has 2 aromatic rings. The largest absolute Gasteiger partial charge is 0.490 e. The molecule has 1 saturated carbocycles. The van der Waals surface area contributed by atoms with Crippen molar-refractivity contribution in [1.82, 2.24) is 10.2 Å². The number of fused-ring (bicyclic) bond motifs is 3. The van der Waals surface area contributed by atoms with Gasteiger partial charge in [0.15, 0.2) is 5.96 Å². The molecule has 8 heteroatoms. The fourth-order valence-electron chi connectivity index (χ4n) is 6.61. The van der Waals surface area contributed by atoms with Gasteiger partial charge >= 0.3 is 0 Å². The van der Waals surface area contributed by atoms with Crippen LogP contribution in [0, 0.1) is 0 Å². The summed E-state index contributed by atoms with van der Waals surface area (Å²) in [7, 11) is 0. The van der Waals surface area contributed by atoms with Crippen LogP contribution < -0.4 is 15.8 Å². The number of hydrogen-bond acceptors (Lipinski definition) is 6. The standard InChI is InChI=1S/C29H34N4O4/c1-4-27(2)15-24(34)33(26(30)32-27)21-12-11-17-9-10-18(13-19(17)21)25(35)31-23-14-29(23)20-7-5-6-8-22(20)37-16-28(29,3)36/h5-10,13,21,23,36H,4,11-12,14-16H2,1-3H3,(H2,30,32)(H,31,35)/t21-,23+,27-,28-,29+/m1/s1. The topological polar surface area (TPSA) is 117 Å². The molecule has 37 heavy (non-hydrogen) atoms. The van der Waals surface area contributed by atoms with E-state index in [0.29, 0.717) is 18.4 Å². The quantitative estimate of drug-likeness (QED) is 0.594. The van der Waals surface area contributed by atoms with Crippen molar-refractivity contribution >= 4 is 17.8 Å². The number of aryl methyl sites for hydroxylation is 1. The van der Waals surface area contributed by atoms with Gasteiger partial charge in [-0.1, -0.05) is 31.2 Å². The van der Waals surface area contributed by atoms with Gasteiger partial charge < -0.3 is 20.9 Å². The smallest absolute Gasteiger partial charge is 0.251 e. The molecule has 0 radical (unpaired) electrons. The maximum atomic E-state index is 13.4. The molecule has 2 heterocycles. The van der Waals surface area contributed by atoms with E-state index in [9.17, 15) is 14.7 Å². The fourth-order valence-corrected chi connectivity index (χ4v) is 6.61. The van der Waals surface area contributed by atoms with Crippen molar-refractivity contribution in [2.24, 2.45) is 10.7 Å². The monoisotopic (exact) mass is 502 g/mol. The Bertz CT molecular complexity index is 1340. The first kappa shape index (κ1) is 24.0. The lowest BCUT2D eigenvalue weighted by Crippen LogP contribution is -2.52. The highest BCUT2D eigenvalue weighted by Crippen LogP contribution is 2.60. The van der Waals surface area contributed by atoms with Crippen molar-refractivity contribution in [2.45, 2.75) is 81.5 Å². The summed E-state index contributed by atoms with van der Waals surface area (Å²) in [5.41, 5.74) is 7.72. The second-order valence-corrected chi connectivity index (χ2v) is 11.5. The Labute approximate surface area is 216 Å². The van der Waals surface area contributed by atoms with Crippen LogP contribution in [0.2, 0.25) is 0 Å². The molecule has 0 aromatic heterocycles. The predicted molar refractivity (Wildman–Crippen MR) is 139 cm³/mol. The lowest BCUT2D eigenvalue weighted by molar-refractivity contribution is -0.131. The Balaban J connectivity index is 1.25. The van der Waals surface area contributed by atoms with E-state index in [4.69, 9.17) is 10.5 Å². The Hall–Kier alpha value is -3.39. The predicted octanol–water partition coefficient (Wildman–Crippen LogP) is 2.97. The molecule has 2 aliphatic carbocycles. The van der Waals surface area contributed by atoms with Gasteiger partial charge in [0.1, 0.15) is 18.0 Å². The van der Waals surface area contributed by atoms with Crippen molar-refractivity contribution in [3.8, 4) is 5.75 Å². The number of aliphatic hydroxyl groups is 1. The molecule has 0 unspecified atom stereocenters. The number of carbonyl (C=O) groups excluding carboxylic acids is 2. The van der Waals surface area contributed by atoms with Crippen LogP contribution in [0.15, 0.2) is 47.5 Å². The fraction of sp³-hybridized carbons (Fsp3) is 0.483. The lowest BCUT2D eigenvalue weighted by atomic mass is 9.77. The first-order chi connectivity index (χ1) is 17.6. The van der Waals surface area contributed by atoms with Crippen LogP contribution in [0.3, 0.4) is 0 Å². The second-order valence-electron chi connectivity index (χ2n) is 11.5. The highest BCUT2D eigenvalue weighted by atomic mass is 16.5. The zero-order chi connectivity index (χ0) is 26.2. The van der Waals surface area contributed by atoms with Crippen molar-refractivity contribution in [2.75, 3.05) is 6.61 Å². The van der Waals surface area contributed by atoms with Gasteiger partial charge in [-0.2, -0.15) is 0 Å². The minimum atomic E-state index is -1.10. The molecule has 5 atom stereocenters. The van der Waals surface area contributed by atoms with E-state index in [0.717, 1.165) is 41.7 Å². The van der Waals surface area contributed by atoms with Gasteiger partial charge in [0.2, 0.25) is 5.91 Å². The summed E-state index contributed by atoms with van der Waals surface area (Å²) < 4.78 is 5.79. The van der Waals surface area contributed by atoms with Crippen LogP contribution in [0.1, 0.15) is 79.5 Å². The summed E-state index contributed by atoms with van der Waals surface area (Å²) >= 11 is 0. The van der Waals surface area contributed by atoms with Crippen LogP contribution in [-0.2, 0) is 16.6 Å². The van der Waals surface area contributed by atoms with Gasteiger partial charge in [0, 0.05) is 17.2 Å². The molecule has 0 saturated heterocycles. The van der Waals surface area contributed by atoms with Crippen molar-refractivity contribution in [3.05, 3.63) is 64.7 Å². The van der Waals surface area contributed by atoms with Gasteiger partial charge in [-0.05, 0) is 68.9 Å². The van der Waals surface area contributed by atoms with Crippen LogP contribution in [-0.4, -0.2) is 51.6 Å². The van der Waals surface area contributed by atoms with Crippen LogP contribution >= 0.6 is 0 Å². The number of benzene rings is 2. The van der Waals surface area contributed by atoms with Gasteiger partial charge in [0.05, 0.1) is 23.4 Å². The van der Waals surface area contributed by atoms with Crippen LogP contribution in [0.5, 0.6) is 5.75 Å². The molecule has 6 rings (SSSR count). The SMILES string of the molecule is CC[C@]1(C)CC(=O)N([C@@H]2CCc3ccc(C(=O)N[C@H]4C[C@]45c4ccccc4OC[C@@]5(C)O)cc32)C(N)=N1. The van der Waals surface area contributed by atoms with E-state index in [-0.39, 0.29) is 36.5 Å². The van der Waals surface area contributed by atoms with Crippen LogP contribution in [0.25, 0.3) is 0 Å². The average Bonchev–Trinajstić information content (AvgIpc) is 3.44. The number of nitrogens with one attached hydrogen (secondary N) is 1. The van der Waals surface area contributed by atoms with Gasteiger partial charge in [-0.3, -0.25) is 14.5 Å². The number of aliphatic imine (C=N–C) groups is 1. The number of carbonyl (C=O) groups is 2. The molecule has 1 fully saturated rings. The molecule has 1 spiro atoms. The number of para-hydroxylation sites is 1. The molecule has 2 aromatic carbocycles. The molecular formula is C29H34N4O4. The van der Waals surface area contributed by atoms with Crippen molar-refractivity contribution in [1.29, 1.82) is 0 Å². The third-order valence-electron chi connectivity index (χ3n) is 9.06. The summed E-state index contributed by atoms with van der Waals surface area (Å²) in [6.07, 6.45) is 3.27. The molecule has 0 bridgehead atoms. The maximum Gasteiger partial charge on any atom is 0.251 e. The van der Waals surface area contributed by atoms with Crippen molar-refractivity contribution in [3.63, 3.8) is 0 Å². The first-order valence-corrected chi connectivity index (χ1v) is 13.1. The average molecular weight is 503 g/mol. The first-order valence-electron chi connectivity index (χ1n) is 13.1. The molecule has 194 valence electrons. The minimum Gasteiger partial charge on any atom is -0.490 e. The summed E-state index contributed by atoms with van der Waals surface area (Å²) in [6, 6.07) is 13.0. The van der Waals surface area contributed by atoms with Gasteiger partial charge in [-0.25, -0.2) is 4.99 Å². The molecule has 4 aliphatic rings. The number of rotatable bonds is 4. The highest BCUT2D eigenvalue weighted by Gasteiger charge is 2.68. The van der Waals surface area contributed by atoms with Crippen molar-refractivity contribution < 1.29 is 19.4 Å². The Morgan fingerprint density at radius 3 is 2.81 bits per heavy atom. The molecule has 4 N–H and O–H groups in total. The number of guanidine groups is 1. The normalized spacial score (nSPS) is 33.9. The number of hydrogen-bond donors (Lipinski definition) is 3. The maximum absolute atomic E-state index is 13.4. The lowest BCUT2D eigenvalue weighted by Gasteiger charge is -2.39. The van der Waals surface area contributed by atoms with Gasteiger partial charge in [-0.15, -0.1) is 0 Å². The van der Waals surface area contributed by atoms with E-state index in [2.05, 4.69) is 10.3 Å². The third kappa shape index (κ3) is 3.56. The minimum absolute atomic E-state index is 0.0232. The van der Waals surface area contributed by atoms with E-state index >= 15 is 0 Å². The van der Waals surface area contributed by atoms with Gasteiger partial charge in [0.25, 0.3) is 5.91 Å². The molecule has 8 nitrogen and oxygen atoms in total. The number of nitrogens with two attached hydrogens (primary N) is 1. The number of ether oxygens (including phenoxy) is 1. The Morgan fingerprint density at radius 2 is 2.05 bits per heavy atom. The molecule has 2 aliphatic heterocycles. The van der Waals surface area contributed by atoms with E-state index in [1.165, 1.54) is 0 Å². The molecule has 2 amide bonds. The van der Waals surface area contributed by atoms with E-state index in [1.807, 2.05) is 56.3 Å². The zero-order valence-corrected chi connectivity index (χ0v) is 21.6. The highest BCUT2D eigenvalue weighted by molar-refractivity contribution is 6.00. The third-order valence-corrected chi connectivity index (χ3v) is 9.06. The summed E-state index contributed by atoms with van der Waals surface area (Å²) in [6.45, 7) is 5.93. The Morgan fingerprint density at radius 1 is 1.27 bits per heavy atom. The van der Waals surface area contributed by atoms with E-state index in [1.54, 1.807) is 11.8 Å². The summed E-state index contributed by atoms with van der Waals surface area (Å²) in [4.78, 5) is 32.8. The Kier molecular flexibility index (Phi) is 5.22. The summed E-state index contributed by atoms with van der Waals surface area (Å²) in [5, 5.41) is 14.4. The second kappa shape index (κ2) is 8.05. The number of amides is 2. The zero-order valence-electron chi connectivity index (χ0n) is 21.6.